The molecule has 2 aromatic carbocycles. The third kappa shape index (κ3) is 6.40. The van der Waals surface area contributed by atoms with Crippen LogP contribution in [0.2, 0.25) is 0 Å². The Morgan fingerprint density at radius 1 is 1.12 bits per heavy atom. The molecule has 7 nitrogen and oxygen atoms in total. The van der Waals surface area contributed by atoms with Gasteiger partial charge >= 0.3 is 0 Å². The number of aryl methyl sites for hydroxylation is 1. The molecular formula is C27H33N5O2. The van der Waals surface area contributed by atoms with E-state index in [2.05, 4.69) is 20.9 Å². The molecule has 3 atom stereocenters. The zero-order valence-corrected chi connectivity index (χ0v) is 19.4. The van der Waals surface area contributed by atoms with E-state index < -0.39 is 6.04 Å². The lowest BCUT2D eigenvalue weighted by molar-refractivity contribution is -0.127. The maximum Gasteiger partial charge on any atom is 0.247 e. The second-order valence-electron chi connectivity index (χ2n) is 8.98. The highest BCUT2D eigenvalue weighted by Gasteiger charge is 2.31. The molecule has 1 aromatic heterocycles. The first-order valence-corrected chi connectivity index (χ1v) is 12.1. The van der Waals surface area contributed by atoms with Gasteiger partial charge in [-0.15, -0.1) is 0 Å². The Kier molecular flexibility index (Phi) is 8.22. The third-order valence-electron chi connectivity index (χ3n) is 6.41. The van der Waals surface area contributed by atoms with E-state index in [0.29, 0.717) is 31.0 Å². The van der Waals surface area contributed by atoms with Crippen LogP contribution in [-0.4, -0.2) is 42.0 Å². The quantitative estimate of drug-likeness (QED) is 0.373. The van der Waals surface area contributed by atoms with Crippen LogP contribution in [0.15, 0.2) is 66.9 Å². The molecule has 178 valence electrons. The van der Waals surface area contributed by atoms with Gasteiger partial charge in [0.25, 0.3) is 0 Å². The number of nitrogens with two attached hydrogens (primary N) is 1. The van der Waals surface area contributed by atoms with Gasteiger partial charge in [0.2, 0.25) is 11.8 Å². The molecule has 34 heavy (non-hydrogen) atoms. The lowest BCUT2D eigenvalue weighted by Gasteiger charge is -2.21. The lowest BCUT2D eigenvalue weighted by Crippen LogP contribution is -2.50. The predicted octanol–water partition coefficient (Wildman–Crippen LogP) is 3.01. The van der Waals surface area contributed by atoms with Crippen LogP contribution >= 0.6 is 0 Å². The monoisotopic (exact) mass is 459 g/mol. The molecule has 2 heterocycles. The average molecular weight is 460 g/mol. The van der Waals surface area contributed by atoms with Crippen molar-refractivity contribution in [3.8, 4) is 0 Å². The molecule has 0 bridgehead atoms. The van der Waals surface area contributed by atoms with Crippen LogP contribution in [0, 0.1) is 5.92 Å². The standard InChI is InChI=1S/C27H33N5O2/c28-14-6-9-20-15-25(29-17-20)27(34)32-24(13-12-19-7-2-1-3-8-19)26(33)31-22-16-21-10-4-5-11-23(21)30-18-22/h1-5,7-8,10-11,16,18,20,24-25,29H,6,9,12-15,17,28H2,(H,31,33)(H,32,34)/t20?,24-,25+/m1/s1. The highest BCUT2D eigenvalue weighted by Crippen LogP contribution is 2.20. The second kappa shape index (κ2) is 11.7. The summed E-state index contributed by atoms with van der Waals surface area (Å²) >= 11 is 0. The minimum absolute atomic E-state index is 0.125. The molecule has 7 heteroatoms. The molecule has 3 aromatic rings. The fourth-order valence-electron chi connectivity index (χ4n) is 4.50. The van der Waals surface area contributed by atoms with E-state index in [-0.39, 0.29) is 17.9 Å². The Hall–Kier alpha value is -3.29. The molecule has 1 unspecified atom stereocenters. The Morgan fingerprint density at radius 2 is 1.91 bits per heavy atom. The summed E-state index contributed by atoms with van der Waals surface area (Å²) < 4.78 is 0. The summed E-state index contributed by atoms with van der Waals surface area (Å²) in [7, 11) is 0. The van der Waals surface area contributed by atoms with Crippen molar-refractivity contribution in [1.29, 1.82) is 0 Å². The largest absolute Gasteiger partial charge is 0.343 e. The number of carbonyl (C=O) groups is 2. The minimum atomic E-state index is -0.649. The molecule has 1 saturated heterocycles. The van der Waals surface area contributed by atoms with Crippen molar-refractivity contribution in [2.75, 3.05) is 18.4 Å². The lowest BCUT2D eigenvalue weighted by atomic mass is 9.99. The molecule has 0 radical (unpaired) electrons. The van der Waals surface area contributed by atoms with Gasteiger partial charge in [0.1, 0.15) is 6.04 Å². The van der Waals surface area contributed by atoms with Gasteiger partial charge in [0, 0.05) is 5.39 Å². The zero-order chi connectivity index (χ0) is 23.8. The minimum Gasteiger partial charge on any atom is -0.343 e. The smallest absolute Gasteiger partial charge is 0.247 e. The number of nitrogens with zero attached hydrogens (tertiary/aromatic N) is 1. The Labute approximate surface area is 200 Å². The molecule has 1 aliphatic heterocycles. The number of fused-ring (bicyclic) bond motifs is 1. The molecular weight excluding hydrogens is 426 g/mol. The number of nitrogens with one attached hydrogen (secondary N) is 3. The molecule has 1 fully saturated rings. The van der Waals surface area contributed by atoms with Crippen LogP contribution in [-0.2, 0) is 16.0 Å². The number of anilines is 1. The molecule has 1 aliphatic rings. The van der Waals surface area contributed by atoms with Crippen LogP contribution in [0.25, 0.3) is 10.9 Å². The van der Waals surface area contributed by atoms with Crippen LogP contribution in [0.5, 0.6) is 0 Å². The average Bonchev–Trinajstić information content (AvgIpc) is 3.35. The van der Waals surface area contributed by atoms with Crippen LogP contribution in [0.4, 0.5) is 5.69 Å². The molecule has 5 N–H and O–H groups in total. The first kappa shape index (κ1) is 23.9. The maximum atomic E-state index is 13.2. The van der Waals surface area contributed by atoms with E-state index in [4.69, 9.17) is 5.73 Å². The highest BCUT2D eigenvalue weighted by molar-refractivity contribution is 5.99. The molecule has 4 rings (SSSR count). The molecule has 2 amide bonds. The summed E-state index contributed by atoms with van der Waals surface area (Å²) in [6.07, 6.45) is 5.59. The van der Waals surface area contributed by atoms with Gasteiger partial charge < -0.3 is 21.7 Å². The Bertz CT molecular complexity index is 1100. The van der Waals surface area contributed by atoms with Crippen LogP contribution in [0.3, 0.4) is 0 Å². The van der Waals surface area contributed by atoms with Crippen molar-refractivity contribution in [2.45, 2.75) is 44.2 Å². The van der Waals surface area contributed by atoms with E-state index >= 15 is 0 Å². The molecule has 0 spiro atoms. The molecule has 0 aliphatic carbocycles. The van der Waals surface area contributed by atoms with Gasteiger partial charge in [0.05, 0.1) is 23.4 Å². The first-order valence-electron chi connectivity index (χ1n) is 12.1. The predicted molar refractivity (Wildman–Crippen MR) is 135 cm³/mol. The van der Waals surface area contributed by atoms with Crippen molar-refractivity contribution in [3.05, 3.63) is 72.4 Å². The fraction of sp³-hybridized carbons (Fsp3) is 0.370. The fourth-order valence-corrected chi connectivity index (χ4v) is 4.50. The van der Waals surface area contributed by atoms with E-state index in [1.54, 1.807) is 6.20 Å². The topological polar surface area (TPSA) is 109 Å². The van der Waals surface area contributed by atoms with Crippen LogP contribution in [0.1, 0.15) is 31.2 Å². The molecule has 0 saturated carbocycles. The summed E-state index contributed by atoms with van der Waals surface area (Å²) in [6, 6.07) is 18.7. The van der Waals surface area contributed by atoms with Gasteiger partial charge in [-0.05, 0) is 68.8 Å². The number of pyridine rings is 1. The van der Waals surface area contributed by atoms with Gasteiger partial charge in [-0.1, -0.05) is 48.5 Å². The van der Waals surface area contributed by atoms with Gasteiger partial charge in [-0.3, -0.25) is 14.6 Å². The number of rotatable bonds is 10. The van der Waals surface area contributed by atoms with Crippen molar-refractivity contribution in [1.82, 2.24) is 15.6 Å². The summed E-state index contributed by atoms with van der Waals surface area (Å²) in [5, 5.41) is 10.2. The number of amides is 2. The Balaban J connectivity index is 1.43. The SMILES string of the molecule is NCCCC1CN[C@H](C(=O)N[C@H](CCc2ccccc2)C(=O)Nc2cnc3ccccc3c2)C1. The van der Waals surface area contributed by atoms with Crippen molar-refractivity contribution < 1.29 is 9.59 Å². The highest BCUT2D eigenvalue weighted by atomic mass is 16.2. The third-order valence-corrected chi connectivity index (χ3v) is 6.41. The number of aromatic nitrogens is 1. The summed E-state index contributed by atoms with van der Waals surface area (Å²) in [6.45, 7) is 1.47. The Morgan fingerprint density at radius 3 is 2.74 bits per heavy atom. The van der Waals surface area contributed by atoms with Crippen molar-refractivity contribution in [2.24, 2.45) is 11.7 Å². The first-order chi connectivity index (χ1) is 16.6. The number of benzene rings is 2. The van der Waals surface area contributed by atoms with E-state index in [1.807, 2.05) is 60.7 Å². The number of hydrogen-bond acceptors (Lipinski definition) is 5. The van der Waals surface area contributed by atoms with Crippen molar-refractivity contribution >= 4 is 28.4 Å². The summed E-state index contributed by atoms with van der Waals surface area (Å²) in [5.41, 5.74) is 8.24. The van der Waals surface area contributed by atoms with Crippen molar-refractivity contribution in [3.63, 3.8) is 0 Å². The zero-order valence-electron chi connectivity index (χ0n) is 19.4. The summed E-state index contributed by atoms with van der Waals surface area (Å²) in [5.74, 6) is 0.0821. The van der Waals surface area contributed by atoms with E-state index in [1.165, 1.54) is 0 Å². The second-order valence-corrected chi connectivity index (χ2v) is 8.98. The number of carbonyl (C=O) groups excluding carboxylic acids is 2. The van der Waals surface area contributed by atoms with E-state index in [0.717, 1.165) is 42.3 Å². The van der Waals surface area contributed by atoms with Crippen LogP contribution < -0.4 is 21.7 Å². The summed E-state index contributed by atoms with van der Waals surface area (Å²) in [4.78, 5) is 30.7. The van der Waals surface area contributed by atoms with Gasteiger partial charge in [-0.2, -0.15) is 0 Å². The number of hydrogen-bond donors (Lipinski definition) is 4. The normalized spacial score (nSPS) is 18.5. The van der Waals surface area contributed by atoms with Gasteiger partial charge in [0.15, 0.2) is 0 Å². The van der Waals surface area contributed by atoms with E-state index in [9.17, 15) is 9.59 Å². The maximum absolute atomic E-state index is 13.2. The number of para-hydroxylation sites is 1. The van der Waals surface area contributed by atoms with Gasteiger partial charge in [-0.25, -0.2) is 0 Å².